The lowest BCUT2D eigenvalue weighted by Crippen LogP contribution is -2.12. The fourth-order valence-corrected chi connectivity index (χ4v) is 3.69. The van der Waals surface area contributed by atoms with Crippen LogP contribution in [0.15, 0.2) is 60.1 Å². The average molecular weight is 349 g/mol. The number of methoxy groups -OCH3 is 1. The van der Waals surface area contributed by atoms with Crippen molar-refractivity contribution < 1.29 is 4.74 Å². The van der Waals surface area contributed by atoms with Gasteiger partial charge in [0.05, 0.1) is 23.9 Å². The van der Waals surface area contributed by atoms with Gasteiger partial charge in [-0.3, -0.25) is 5.10 Å². The number of nitrogens with zero attached hydrogens (tertiary/aromatic N) is 1. The molecule has 0 radical (unpaired) electrons. The highest BCUT2D eigenvalue weighted by Gasteiger charge is 2.08. The summed E-state index contributed by atoms with van der Waals surface area (Å²) in [6, 6.07) is 16.8. The number of H-pyrrole nitrogens is 1. The summed E-state index contributed by atoms with van der Waals surface area (Å²) in [7, 11) is 1.69. The average Bonchev–Trinajstić information content (AvgIpc) is 3.32. The molecule has 25 heavy (non-hydrogen) atoms. The summed E-state index contributed by atoms with van der Waals surface area (Å²) < 4.78 is 5.28. The summed E-state index contributed by atoms with van der Waals surface area (Å²) >= 11 is 1.72. The van der Waals surface area contributed by atoms with Crippen LogP contribution in [0.4, 0.5) is 0 Å². The van der Waals surface area contributed by atoms with E-state index in [1.54, 1.807) is 18.4 Å². The van der Waals surface area contributed by atoms with E-state index in [1.165, 1.54) is 26.8 Å². The molecule has 0 fully saturated rings. The number of nitrogens with one attached hydrogen (secondary N) is 2. The Balaban J connectivity index is 1.44. The molecular weight excluding hydrogens is 330 g/mol. The van der Waals surface area contributed by atoms with Crippen LogP contribution in [0.25, 0.3) is 21.3 Å². The van der Waals surface area contributed by atoms with Crippen molar-refractivity contribution in [3.63, 3.8) is 0 Å². The molecule has 5 heteroatoms. The highest BCUT2D eigenvalue weighted by molar-refractivity contribution is 7.13. The molecule has 0 aliphatic heterocycles. The van der Waals surface area contributed by atoms with E-state index in [2.05, 4.69) is 63.4 Å². The predicted molar refractivity (Wildman–Crippen MR) is 103 cm³/mol. The molecule has 0 saturated carbocycles. The van der Waals surface area contributed by atoms with E-state index in [9.17, 15) is 0 Å². The summed E-state index contributed by atoms with van der Waals surface area (Å²) in [5, 5.41) is 15.3. The maximum absolute atomic E-state index is 5.28. The molecule has 0 aliphatic rings. The second-order valence-electron chi connectivity index (χ2n) is 5.90. The van der Waals surface area contributed by atoms with Crippen molar-refractivity contribution in [2.75, 3.05) is 7.11 Å². The van der Waals surface area contributed by atoms with Gasteiger partial charge in [0.15, 0.2) is 0 Å². The number of aromatic amines is 1. The van der Waals surface area contributed by atoms with Crippen molar-refractivity contribution >= 4 is 22.1 Å². The Kier molecular flexibility index (Phi) is 4.50. The van der Waals surface area contributed by atoms with Gasteiger partial charge < -0.3 is 10.1 Å². The minimum Gasteiger partial charge on any atom is -0.497 e. The Hall–Kier alpha value is -2.63. The highest BCUT2D eigenvalue weighted by Crippen LogP contribution is 2.26. The third-order valence-electron chi connectivity index (χ3n) is 4.24. The van der Waals surface area contributed by atoms with Crippen molar-refractivity contribution in [3.8, 4) is 16.3 Å². The Morgan fingerprint density at radius 1 is 1.08 bits per heavy atom. The van der Waals surface area contributed by atoms with Gasteiger partial charge in [-0.05, 0) is 46.0 Å². The molecule has 4 aromatic rings. The van der Waals surface area contributed by atoms with Crippen LogP contribution in [-0.4, -0.2) is 17.3 Å². The fourth-order valence-electron chi connectivity index (χ4n) is 2.93. The zero-order valence-electron chi connectivity index (χ0n) is 14.0. The van der Waals surface area contributed by atoms with Crippen LogP contribution < -0.4 is 10.1 Å². The van der Waals surface area contributed by atoms with Gasteiger partial charge in [-0.15, -0.1) is 11.3 Å². The zero-order valence-corrected chi connectivity index (χ0v) is 14.8. The number of rotatable bonds is 6. The number of hydrogen-bond donors (Lipinski definition) is 2. The van der Waals surface area contributed by atoms with Gasteiger partial charge in [0.1, 0.15) is 5.75 Å². The van der Waals surface area contributed by atoms with Crippen molar-refractivity contribution in [2.24, 2.45) is 0 Å². The van der Waals surface area contributed by atoms with Crippen LogP contribution in [-0.2, 0) is 13.1 Å². The van der Waals surface area contributed by atoms with Gasteiger partial charge in [-0.1, -0.05) is 24.3 Å². The van der Waals surface area contributed by atoms with Crippen LogP contribution in [0.3, 0.4) is 0 Å². The van der Waals surface area contributed by atoms with Gasteiger partial charge >= 0.3 is 0 Å². The monoisotopic (exact) mass is 349 g/mol. The largest absolute Gasteiger partial charge is 0.497 e. The van der Waals surface area contributed by atoms with Gasteiger partial charge in [0.25, 0.3) is 0 Å². The maximum atomic E-state index is 5.28. The van der Waals surface area contributed by atoms with Crippen molar-refractivity contribution in [2.45, 2.75) is 13.1 Å². The van der Waals surface area contributed by atoms with E-state index in [0.29, 0.717) is 0 Å². The Bertz CT molecular complexity index is 976. The van der Waals surface area contributed by atoms with Crippen LogP contribution in [0.2, 0.25) is 0 Å². The van der Waals surface area contributed by atoms with E-state index < -0.39 is 0 Å². The number of fused-ring (bicyclic) bond motifs is 1. The first kappa shape index (κ1) is 15.9. The number of benzene rings is 2. The van der Waals surface area contributed by atoms with Gasteiger partial charge in [-0.25, -0.2) is 0 Å². The van der Waals surface area contributed by atoms with Crippen molar-refractivity contribution in [3.05, 3.63) is 71.2 Å². The van der Waals surface area contributed by atoms with E-state index in [0.717, 1.165) is 24.5 Å². The number of ether oxygens (including phenoxy) is 1. The molecule has 4 rings (SSSR count). The molecule has 2 N–H and O–H groups in total. The quantitative estimate of drug-likeness (QED) is 0.535. The molecule has 0 aliphatic carbocycles. The van der Waals surface area contributed by atoms with Gasteiger partial charge in [0, 0.05) is 18.7 Å². The molecule has 0 amide bonds. The lowest BCUT2D eigenvalue weighted by Gasteiger charge is -2.07. The minimum atomic E-state index is 0.782. The molecule has 4 nitrogen and oxygen atoms in total. The molecule has 2 aromatic heterocycles. The third-order valence-corrected chi connectivity index (χ3v) is 5.13. The number of hydrogen-bond acceptors (Lipinski definition) is 4. The minimum absolute atomic E-state index is 0.782. The summed E-state index contributed by atoms with van der Waals surface area (Å²) in [6.07, 6.45) is 1.90. The van der Waals surface area contributed by atoms with Crippen LogP contribution in [0.1, 0.15) is 11.1 Å². The first-order valence-corrected chi connectivity index (χ1v) is 9.05. The van der Waals surface area contributed by atoms with E-state index >= 15 is 0 Å². The third kappa shape index (κ3) is 3.43. The van der Waals surface area contributed by atoms with Crippen molar-refractivity contribution in [1.82, 2.24) is 15.5 Å². The standard InChI is InChI=1S/C20H19N3OS/c1-24-18-7-6-15-9-14(4-5-16(15)10-18)11-21-12-17-13-22-23-20(17)19-3-2-8-25-19/h2-10,13,21H,11-12H2,1H3,(H,22,23). The molecule has 0 bridgehead atoms. The van der Waals surface area contributed by atoms with Crippen molar-refractivity contribution in [1.29, 1.82) is 0 Å². The summed E-state index contributed by atoms with van der Waals surface area (Å²) in [5.41, 5.74) is 3.56. The Labute approximate surface area is 150 Å². The second kappa shape index (κ2) is 7.09. The summed E-state index contributed by atoms with van der Waals surface area (Å²) in [5.74, 6) is 0.888. The first-order chi connectivity index (χ1) is 12.3. The lowest BCUT2D eigenvalue weighted by atomic mass is 10.1. The van der Waals surface area contributed by atoms with Gasteiger partial charge in [0.2, 0.25) is 0 Å². The molecule has 126 valence electrons. The number of thiophene rings is 1. The predicted octanol–water partition coefficient (Wildman–Crippen LogP) is 4.59. The molecule has 0 unspecified atom stereocenters. The Morgan fingerprint density at radius 3 is 2.80 bits per heavy atom. The molecule has 0 atom stereocenters. The topological polar surface area (TPSA) is 49.9 Å². The molecule has 0 spiro atoms. The first-order valence-electron chi connectivity index (χ1n) is 8.17. The fraction of sp³-hybridized carbons (Fsp3) is 0.150. The highest BCUT2D eigenvalue weighted by atomic mass is 32.1. The van der Waals surface area contributed by atoms with Crippen LogP contribution in [0, 0.1) is 0 Å². The van der Waals surface area contributed by atoms with E-state index in [1.807, 2.05) is 12.3 Å². The van der Waals surface area contributed by atoms with Gasteiger partial charge in [-0.2, -0.15) is 5.10 Å². The molecule has 2 heterocycles. The summed E-state index contributed by atoms with van der Waals surface area (Å²) in [4.78, 5) is 1.22. The maximum Gasteiger partial charge on any atom is 0.119 e. The lowest BCUT2D eigenvalue weighted by molar-refractivity contribution is 0.415. The van der Waals surface area contributed by atoms with E-state index in [4.69, 9.17) is 4.74 Å². The van der Waals surface area contributed by atoms with E-state index in [-0.39, 0.29) is 0 Å². The normalized spacial score (nSPS) is 11.1. The summed E-state index contributed by atoms with van der Waals surface area (Å²) in [6.45, 7) is 1.60. The smallest absolute Gasteiger partial charge is 0.119 e. The zero-order chi connectivity index (χ0) is 17.1. The molecular formula is C20H19N3OS. The number of aromatic nitrogens is 2. The SMILES string of the molecule is COc1ccc2cc(CNCc3cn[nH]c3-c3cccs3)ccc2c1. The van der Waals surface area contributed by atoms with Crippen LogP contribution >= 0.6 is 11.3 Å². The Morgan fingerprint density at radius 2 is 1.96 bits per heavy atom. The van der Waals surface area contributed by atoms with Crippen LogP contribution in [0.5, 0.6) is 5.75 Å². The second-order valence-corrected chi connectivity index (χ2v) is 6.85. The molecule has 0 saturated heterocycles. The molecule has 2 aromatic carbocycles.